The first-order valence-corrected chi connectivity index (χ1v) is 5.90. The van der Waals surface area contributed by atoms with E-state index in [-0.39, 0.29) is 6.61 Å². The van der Waals surface area contributed by atoms with E-state index in [1.165, 1.54) is 11.8 Å². The number of nitrogens with two attached hydrogens (primary N) is 1. The minimum absolute atomic E-state index is 0.356. The third kappa shape index (κ3) is 2.62. The number of rotatable bonds is 3. The lowest BCUT2D eigenvalue weighted by Gasteiger charge is -2.41. The van der Waals surface area contributed by atoms with Gasteiger partial charge in [0.15, 0.2) is 0 Å². The van der Waals surface area contributed by atoms with Crippen LogP contribution in [0.3, 0.4) is 0 Å². The summed E-state index contributed by atoms with van der Waals surface area (Å²) >= 11 is 1.21. The van der Waals surface area contributed by atoms with E-state index < -0.39 is 35.9 Å². The molecule has 0 aromatic heterocycles. The molecule has 0 aromatic carbocycles. The Hall–Kier alpha value is 0.110. The maximum atomic E-state index is 9.59. The van der Waals surface area contributed by atoms with Crippen LogP contribution in [0.1, 0.15) is 0 Å². The van der Waals surface area contributed by atoms with Crippen LogP contribution in [0.4, 0.5) is 0 Å². The Labute approximate surface area is 92.0 Å². The molecule has 7 heteroatoms. The standard InChI is InChI=1S/C8H17NO5S/c1-15-8-6(13)4(11)5(12)7(14-8)3(9)2-10/h3-8,10-13H,2,9H2,1H3. The van der Waals surface area contributed by atoms with Gasteiger partial charge in [-0.1, -0.05) is 0 Å². The van der Waals surface area contributed by atoms with Gasteiger partial charge in [0, 0.05) is 0 Å². The summed E-state index contributed by atoms with van der Waals surface area (Å²) in [5.74, 6) is 0. The number of aliphatic hydroxyl groups excluding tert-OH is 4. The Balaban J connectivity index is 2.74. The predicted octanol–water partition coefficient (Wildman–Crippen LogP) is -2.52. The second-order valence-corrected chi connectivity index (χ2v) is 4.46. The first kappa shape index (κ1) is 13.2. The fourth-order valence-electron chi connectivity index (χ4n) is 1.53. The van der Waals surface area contributed by atoms with Gasteiger partial charge in [-0.3, -0.25) is 0 Å². The normalized spacial score (nSPS) is 44.0. The summed E-state index contributed by atoms with van der Waals surface area (Å²) in [6.07, 6.45) is -2.91. The van der Waals surface area contributed by atoms with Crippen molar-refractivity contribution in [3.8, 4) is 0 Å². The van der Waals surface area contributed by atoms with Gasteiger partial charge in [0.05, 0.1) is 12.6 Å². The Kier molecular flexibility index (Phi) is 4.78. The van der Waals surface area contributed by atoms with Gasteiger partial charge in [0.25, 0.3) is 0 Å². The van der Waals surface area contributed by atoms with Gasteiger partial charge in [-0.25, -0.2) is 0 Å². The van der Waals surface area contributed by atoms with Crippen molar-refractivity contribution in [1.82, 2.24) is 0 Å². The van der Waals surface area contributed by atoms with Crippen LogP contribution in [0.5, 0.6) is 0 Å². The lowest BCUT2D eigenvalue weighted by molar-refractivity contribution is -0.204. The van der Waals surface area contributed by atoms with E-state index in [0.717, 1.165) is 0 Å². The van der Waals surface area contributed by atoms with Crippen molar-refractivity contribution in [3.05, 3.63) is 0 Å². The highest BCUT2D eigenvalue weighted by Gasteiger charge is 2.45. The molecule has 1 heterocycles. The third-order valence-corrected chi connectivity index (χ3v) is 3.33. The minimum atomic E-state index is -1.31. The van der Waals surface area contributed by atoms with E-state index in [1.807, 2.05) is 0 Å². The highest BCUT2D eigenvalue weighted by molar-refractivity contribution is 7.99. The lowest BCUT2D eigenvalue weighted by Crippen LogP contribution is -2.62. The summed E-state index contributed by atoms with van der Waals surface area (Å²) in [5.41, 5.74) is 4.88. The summed E-state index contributed by atoms with van der Waals surface area (Å²) in [7, 11) is 0. The molecule has 1 aliphatic heterocycles. The van der Waals surface area contributed by atoms with E-state index in [2.05, 4.69) is 0 Å². The average molecular weight is 239 g/mol. The molecule has 0 amide bonds. The van der Waals surface area contributed by atoms with Crippen LogP contribution in [-0.2, 0) is 4.74 Å². The molecular formula is C8H17NO5S. The molecule has 6 nitrogen and oxygen atoms in total. The van der Waals surface area contributed by atoms with Crippen LogP contribution in [0.15, 0.2) is 0 Å². The zero-order valence-corrected chi connectivity index (χ0v) is 9.17. The largest absolute Gasteiger partial charge is 0.395 e. The monoisotopic (exact) mass is 239 g/mol. The van der Waals surface area contributed by atoms with Crippen molar-refractivity contribution in [2.24, 2.45) is 5.73 Å². The van der Waals surface area contributed by atoms with Gasteiger partial charge < -0.3 is 30.9 Å². The minimum Gasteiger partial charge on any atom is -0.395 e. The Morgan fingerprint density at radius 2 is 1.87 bits per heavy atom. The zero-order valence-electron chi connectivity index (χ0n) is 8.35. The van der Waals surface area contributed by atoms with Crippen LogP contribution in [0.2, 0.25) is 0 Å². The molecule has 0 radical (unpaired) electrons. The first-order chi connectivity index (χ1) is 7.02. The van der Waals surface area contributed by atoms with Crippen LogP contribution in [0.25, 0.3) is 0 Å². The molecule has 1 saturated heterocycles. The molecule has 0 saturated carbocycles. The quantitative estimate of drug-likeness (QED) is 0.369. The Morgan fingerprint density at radius 1 is 1.27 bits per heavy atom. The average Bonchev–Trinajstić information content (AvgIpc) is 2.25. The van der Waals surface area contributed by atoms with Crippen molar-refractivity contribution in [2.45, 2.75) is 35.9 Å². The van der Waals surface area contributed by atoms with Crippen LogP contribution < -0.4 is 5.73 Å². The van der Waals surface area contributed by atoms with Crippen LogP contribution >= 0.6 is 11.8 Å². The van der Waals surface area contributed by atoms with Crippen LogP contribution in [-0.4, -0.2) is 69.2 Å². The molecule has 1 rings (SSSR count). The van der Waals surface area contributed by atoms with E-state index in [0.29, 0.717) is 0 Å². The fourth-order valence-corrected chi connectivity index (χ4v) is 2.21. The second kappa shape index (κ2) is 5.44. The van der Waals surface area contributed by atoms with E-state index in [1.54, 1.807) is 6.26 Å². The molecule has 6 N–H and O–H groups in total. The molecule has 15 heavy (non-hydrogen) atoms. The van der Waals surface area contributed by atoms with Gasteiger partial charge in [-0.2, -0.15) is 0 Å². The predicted molar refractivity (Wildman–Crippen MR) is 55.3 cm³/mol. The Bertz CT molecular complexity index is 205. The topological polar surface area (TPSA) is 116 Å². The summed E-state index contributed by atoms with van der Waals surface area (Å²) in [6.45, 7) is -0.356. The van der Waals surface area contributed by atoms with Crippen molar-refractivity contribution < 1.29 is 25.2 Å². The van der Waals surface area contributed by atoms with E-state index in [9.17, 15) is 15.3 Å². The zero-order chi connectivity index (χ0) is 11.6. The molecule has 6 atom stereocenters. The maximum Gasteiger partial charge on any atom is 0.132 e. The lowest BCUT2D eigenvalue weighted by atomic mass is 9.95. The fraction of sp³-hybridized carbons (Fsp3) is 1.00. The number of hydrogen-bond acceptors (Lipinski definition) is 7. The number of ether oxygens (including phenoxy) is 1. The van der Waals surface area contributed by atoms with E-state index >= 15 is 0 Å². The SMILES string of the molecule is CSC1OC(C(N)CO)C(O)C(O)C1O. The molecule has 1 fully saturated rings. The molecular weight excluding hydrogens is 222 g/mol. The number of thioether (sulfide) groups is 1. The van der Waals surface area contributed by atoms with Gasteiger partial charge in [0.2, 0.25) is 0 Å². The summed E-state index contributed by atoms with van der Waals surface area (Å²) in [4.78, 5) is 0. The highest BCUT2D eigenvalue weighted by Crippen LogP contribution is 2.27. The molecule has 0 bridgehead atoms. The second-order valence-electron chi connectivity index (χ2n) is 3.52. The van der Waals surface area contributed by atoms with Gasteiger partial charge in [-0.15, -0.1) is 11.8 Å². The molecule has 90 valence electrons. The summed E-state index contributed by atoms with van der Waals surface area (Å²) < 4.78 is 5.30. The summed E-state index contributed by atoms with van der Waals surface area (Å²) in [6, 6.07) is -0.781. The smallest absolute Gasteiger partial charge is 0.132 e. The van der Waals surface area contributed by atoms with Gasteiger partial charge in [0.1, 0.15) is 29.9 Å². The van der Waals surface area contributed by atoms with Crippen molar-refractivity contribution in [1.29, 1.82) is 0 Å². The molecule has 0 spiro atoms. The van der Waals surface area contributed by atoms with Crippen molar-refractivity contribution in [2.75, 3.05) is 12.9 Å². The van der Waals surface area contributed by atoms with E-state index in [4.69, 9.17) is 15.6 Å². The molecule has 0 aliphatic carbocycles. The molecule has 0 aromatic rings. The Morgan fingerprint density at radius 3 is 2.33 bits per heavy atom. The summed E-state index contributed by atoms with van der Waals surface area (Å²) in [5, 5.41) is 37.5. The molecule has 1 aliphatic rings. The molecule has 6 unspecified atom stereocenters. The van der Waals surface area contributed by atoms with Gasteiger partial charge in [-0.05, 0) is 6.26 Å². The van der Waals surface area contributed by atoms with Crippen molar-refractivity contribution >= 4 is 11.8 Å². The van der Waals surface area contributed by atoms with Crippen LogP contribution in [0, 0.1) is 0 Å². The third-order valence-electron chi connectivity index (χ3n) is 2.47. The maximum absolute atomic E-state index is 9.59. The van der Waals surface area contributed by atoms with Gasteiger partial charge >= 0.3 is 0 Å². The number of aliphatic hydroxyl groups is 4. The first-order valence-electron chi connectivity index (χ1n) is 4.61. The van der Waals surface area contributed by atoms with Crippen molar-refractivity contribution in [3.63, 3.8) is 0 Å². The number of hydrogen-bond donors (Lipinski definition) is 5. The highest BCUT2D eigenvalue weighted by atomic mass is 32.2.